The molecule has 0 amide bonds. The van der Waals surface area contributed by atoms with Gasteiger partial charge in [0, 0.05) is 18.3 Å². The van der Waals surface area contributed by atoms with Crippen LogP contribution in [0.15, 0.2) is 30.3 Å². The summed E-state index contributed by atoms with van der Waals surface area (Å²) in [5.41, 5.74) is 1.37. The Morgan fingerprint density at radius 1 is 1.29 bits per heavy atom. The van der Waals surface area contributed by atoms with Crippen LogP contribution in [0.5, 0.6) is 0 Å². The minimum atomic E-state index is 0.644. The zero-order valence-electron chi connectivity index (χ0n) is 8.99. The first kappa shape index (κ1) is 11.6. The van der Waals surface area contributed by atoms with Gasteiger partial charge in [-0.15, -0.1) is 0 Å². The average Bonchev–Trinajstić information content (AvgIpc) is 2.25. The summed E-state index contributed by atoms with van der Waals surface area (Å²) >= 11 is 1.91. The molecule has 1 atom stereocenters. The van der Waals surface area contributed by atoms with Crippen LogP contribution in [0.1, 0.15) is 18.9 Å². The Balaban J connectivity index is 2.32. The van der Waals surface area contributed by atoms with E-state index in [0.717, 1.165) is 6.54 Å². The summed E-state index contributed by atoms with van der Waals surface area (Å²) < 4.78 is 0. The molecule has 14 heavy (non-hydrogen) atoms. The third-order valence-corrected chi connectivity index (χ3v) is 3.03. The van der Waals surface area contributed by atoms with E-state index in [4.69, 9.17) is 0 Å². The molecule has 0 aliphatic heterocycles. The van der Waals surface area contributed by atoms with Gasteiger partial charge >= 0.3 is 0 Å². The highest BCUT2D eigenvalue weighted by molar-refractivity contribution is 7.98. The van der Waals surface area contributed by atoms with Gasteiger partial charge in [0.25, 0.3) is 0 Å². The van der Waals surface area contributed by atoms with Crippen molar-refractivity contribution in [1.82, 2.24) is 5.32 Å². The number of hydrogen-bond acceptors (Lipinski definition) is 2. The standard InChI is InChI=1S/C12H19NS/c1-3-12(10-14-2)13-9-11-7-5-4-6-8-11/h4-8,12-13H,3,9-10H2,1-2H3. The number of hydrogen-bond donors (Lipinski definition) is 1. The molecule has 0 radical (unpaired) electrons. The minimum absolute atomic E-state index is 0.644. The summed E-state index contributed by atoms with van der Waals surface area (Å²) in [6.45, 7) is 3.22. The number of thioether (sulfide) groups is 1. The molecule has 0 bridgehead atoms. The van der Waals surface area contributed by atoms with Crippen LogP contribution in [0.2, 0.25) is 0 Å². The molecule has 0 heterocycles. The molecule has 1 rings (SSSR count). The molecule has 2 heteroatoms. The zero-order chi connectivity index (χ0) is 10.2. The Labute approximate surface area is 91.3 Å². The molecular weight excluding hydrogens is 190 g/mol. The monoisotopic (exact) mass is 209 g/mol. The van der Waals surface area contributed by atoms with E-state index < -0.39 is 0 Å². The van der Waals surface area contributed by atoms with Crippen molar-refractivity contribution in [1.29, 1.82) is 0 Å². The second-order valence-corrected chi connectivity index (χ2v) is 4.34. The molecule has 1 aromatic carbocycles. The van der Waals surface area contributed by atoms with Crippen molar-refractivity contribution in [3.05, 3.63) is 35.9 Å². The van der Waals surface area contributed by atoms with Crippen LogP contribution in [0.3, 0.4) is 0 Å². The Kier molecular flexibility index (Phi) is 5.72. The van der Waals surface area contributed by atoms with Crippen LogP contribution in [0.4, 0.5) is 0 Å². The lowest BCUT2D eigenvalue weighted by atomic mass is 10.2. The van der Waals surface area contributed by atoms with Crippen molar-refractivity contribution in [3.63, 3.8) is 0 Å². The van der Waals surface area contributed by atoms with Crippen molar-refractivity contribution in [2.75, 3.05) is 12.0 Å². The number of rotatable bonds is 6. The summed E-state index contributed by atoms with van der Waals surface area (Å²) in [5, 5.41) is 3.57. The van der Waals surface area contributed by atoms with Crippen LogP contribution < -0.4 is 5.32 Å². The normalized spacial score (nSPS) is 12.7. The van der Waals surface area contributed by atoms with Gasteiger partial charge in [-0.25, -0.2) is 0 Å². The van der Waals surface area contributed by atoms with Crippen LogP contribution in [0, 0.1) is 0 Å². The van der Waals surface area contributed by atoms with Gasteiger partial charge < -0.3 is 5.32 Å². The first-order chi connectivity index (χ1) is 6.86. The summed E-state index contributed by atoms with van der Waals surface area (Å²) in [5.74, 6) is 1.20. The summed E-state index contributed by atoms with van der Waals surface area (Å²) in [4.78, 5) is 0. The Morgan fingerprint density at radius 3 is 2.57 bits per heavy atom. The van der Waals surface area contributed by atoms with Gasteiger partial charge in [-0.05, 0) is 18.2 Å². The van der Waals surface area contributed by atoms with Gasteiger partial charge in [-0.1, -0.05) is 37.3 Å². The van der Waals surface area contributed by atoms with E-state index in [0.29, 0.717) is 6.04 Å². The van der Waals surface area contributed by atoms with E-state index in [1.54, 1.807) is 0 Å². The predicted molar refractivity (Wildman–Crippen MR) is 65.7 cm³/mol. The molecule has 0 spiro atoms. The van der Waals surface area contributed by atoms with Crippen LogP contribution in [-0.4, -0.2) is 18.1 Å². The lowest BCUT2D eigenvalue weighted by Crippen LogP contribution is -2.30. The van der Waals surface area contributed by atoms with Crippen molar-refractivity contribution < 1.29 is 0 Å². The van der Waals surface area contributed by atoms with E-state index >= 15 is 0 Å². The first-order valence-electron chi connectivity index (χ1n) is 5.13. The summed E-state index contributed by atoms with van der Waals surface area (Å²) in [6, 6.07) is 11.2. The third kappa shape index (κ3) is 4.16. The van der Waals surface area contributed by atoms with E-state index in [-0.39, 0.29) is 0 Å². The fourth-order valence-corrected chi connectivity index (χ4v) is 2.14. The third-order valence-electron chi connectivity index (χ3n) is 2.30. The van der Waals surface area contributed by atoms with Crippen molar-refractivity contribution in [2.24, 2.45) is 0 Å². The van der Waals surface area contributed by atoms with Gasteiger partial charge in [-0.3, -0.25) is 0 Å². The lowest BCUT2D eigenvalue weighted by molar-refractivity contribution is 0.541. The molecule has 1 unspecified atom stereocenters. The molecule has 1 aromatic rings. The Morgan fingerprint density at radius 2 is 2.00 bits per heavy atom. The van der Waals surface area contributed by atoms with Gasteiger partial charge in [-0.2, -0.15) is 11.8 Å². The second-order valence-electron chi connectivity index (χ2n) is 3.43. The smallest absolute Gasteiger partial charge is 0.0208 e. The molecule has 0 aromatic heterocycles. The highest BCUT2D eigenvalue weighted by Crippen LogP contribution is 2.03. The molecule has 0 saturated carbocycles. The molecule has 1 nitrogen and oxygen atoms in total. The number of nitrogens with one attached hydrogen (secondary N) is 1. The summed E-state index contributed by atoms with van der Waals surface area (Å²) in [6.07, 6.45) is 3.36. The van der Waals surface area contributed by atoms with Crippen LogP contribution in [-0.2, 0) is 6.54 Å². The van der Waals surface area contributed by atoms with E-state index in [1.165, 1.54) is 17.7 Å². The predicted octanol–water partition coefficient (Wildman–Crippen LogP) is 2.92. The zero-order valence-corrected chi connectivity index (χ0v) is 9.81. The topological polar surface area (TPSA) is 12.0 Å². The molecule has 0 saturated heterocycles. The van der Waals surface area contributed by atoms with Crippen molar-refractivity contribution in [3.8, 4) is 0 Å². The first-order valence-corrected chi connectivity index (χ1v) is 6.52. The quantitative estimate of drug-likeness (QED) is 0.773. The molecule has 0 aliphatic rings. The van der Waals surface area contributed by atoms with Gasteiger partial charge in [0.1, 0.15) is 0 Å². The van der Waals surface area contributed by atoms with E-state index in [1.807, 2.05) is 11.8 Å². The van der Waals surface area contributed by atoms with Gasteiger partial charge in [0.15, 0.2) is 0 Å². The van der Waals surface area contributed by atoms with Crippen LogP contribution >= 0.6 is 11.8 Å². The van der Waals surface area contributed by atoms with Gasteiger partial charge in [0.2, 0.25) is 0 Å². The maximum atomic E-state index is 3.57. The molecular formula is C12H19NS. The molecule has 0 aliphatic carbocycles. The Hall–Kier alpha value is -0.470. The highest BCUT2D eigenvalue weighted by Gasteiger charge is 2.03. The maximum absolute atomic E-state index is 3.57. The maximum Gasteiger partial charge on any atom is 0.0208 e. The highest BCUT2D eigenvalue weighted by atomic mass is 32.2. The second kappa shape index (κ2) is 6.91. The van der Waals surface area contributed by atoms with Crippen molar-refractivity contribution >= 4 is 11.8 Å². The average molecular weight is 209 g/mol. The van der Waals surface area contributed by atoms with Crippen molar-refractivity contribution in [2.45, 2.75) is 25.9 Å². The lowest BCUT2D eigenvalue weighted by Gasteiger charge is -2.15. The molecule has 1 N–H and O–H groups in total. The SMILES string of the molecule is CCC(CSC)NCc1ccccc1. The van der Waals surface area contributed by atoms with Crippen LogP contribution in [0.25, 0.3) is 0 Å². The van der Waals surface area contributed by atoms with E-state index in [2.05, 4.69) is 48.8 Å². The summed E-state index contributed by atoms with van der Waals surface area (Å²) in [7, 11) is 0. The fourth-order valence-electron chi connectivity index (χ4n) is 1.38. The fraction of sp³-hybridized carbons (Fsp3) is 0.500. The minimum Gasteiger partial charge on any atom is -0.309 e. The largest absolute Gasteiger partial charge is 0.309 e. The molecule has 78 valence electrons. The molecule has 0 fully saturated rings. The Bertz CT molecular complexity index is 235. The van der Waals surface area contributed by atoms with E-state index in [9.17, 15) is 0 Å². The van der Waals surface area contributed by atoms with Gasteiger partial charge in [0.05, 0.1) is 0 Å². The number of benzene rings is 1.